The van der Waals surface area contributed by atoms with Crippen LogP contribution in [-0.2, 0) is 32.6 Å². The van der Waals surface area contributed by atoms with Crippen molar-refractivity contribution in [3.05, 3.63) is 130 Å². The SMILES string of the molecule is CCNC(=O)[C@H](Cc1ccccc1)N(Cc1ccc(Cl)c(Cl)c1)C(=O)CN(c1cccc(C)c1)S(=O)(=O)c1ccccc1. The predicted molar refractivity (Wildman–Crippen MR) is 172 cm³/mol. The smallest absolute Gasteiger partial charge is 0.264 e. The molecule has 4 aromatic rings. The van der Waals surface area contributed by atoms with Crippen molar-refractivity contribution in [2.45, 2.75) is 37.8 Å². The summed E-state index contributed by atoms with van der Waals surface area (Å²) in [4.78, 5) is 29.4. The molecule has 1 N–H and O–H groups in total. The van der Waals surface area contributed by atoms with Gasteiger partial charge in [0.2, 0.25) is 11.8 Å². The summed E-state index contributed by atoms with van der Waals surface area (Å²) in [5.74, 6) is -0.910. The number of likely N-dealkylation sites (N-methyl/N-ethyl adjacent to an activating group) is 1. The lowest BCUT2D eigenvalue weighted by atomic mass is 10.0. The second-order valence-corrected chi connectivity index (χ2v) is 12.7. The van der Waals surface area contributed by atoms with E-state index in [0.717, 1.165) is 15.4 Å². The van der Waals surface area contributed by atoms with Crippen LogP contribution < -0.4 is 9.62 Å². The molecule has 43 heavy (non-hydrogen) atoms. The molecule has 0 aliphatic carbocycles. The molecular weight excluding hydrogens is 605 g/mol. The van der Waals surface area contributed by atoms with Crippen molar-refractivity contribution in [2.24, 2.45) is 0 Å². The topological polar surface area (TPSA) is 86.8 Å². The quantitative estimate of drug-likeness (QED) is 0.198. The number of sulfonamides is 1. The first-order valence-corrected chi connectivity index (χ1v) is 16.0. The summed E-state index contributed by atoms with van der Waals surface area (Å²) in [6, 6.07) is 28.3. The number of halogens is 2. The van der Waals surface area contributed by atoms with Crippen LogP contribution >= 0.6 is 23.2 Å². The highest BCUT2D eigenvalue weighted by atomic mass is 35.5. The monoisotopic (exact) mass is 637 g/mol. The standard InChI is InChI=1S/C33H33Cl2N3O4S/c1-3-36-33(40)31(21-25-12-6-4-7-13-25)37(22-26-17-18-29(34)30(35)20-26)32(39)23-38(27-14-10-11-24(2)19-27)43(41,42)28-15-8-5-9-16-28/h4-20,31H,3,21-23H2,1-2H3,(H,36,40)/t31-/m0/s1. The molecule has 0 radical (unpaired) electrons. The molecule has 0 aromatic heterocycles. The summed E-state index contributed by atoms with van der Waals surface area (Å²) in [7, 11) is -4.15. The molecule has 0 heterocycles. The summed E-state index contributed by atoms with van der Waals surface area (Å²) < 4.78 is 29.1. The predicted octanol–water partition coefficient (Wildman–Crippen LogP) is 6.27. The Labute approximate surface area is 263 Å². The number of anilines is 1. The summed E-state index contributed by atoms with van der Waals surface area (Å²) in [6.45, 7) is 3.47. The van der Waals surface area contributed by atoms with Gasteiger partial charge in [0.1, 0.15) is 12.6 Å². The number of nitrogens with one attached hydrogen (secondary N) is 1. The zero-order valence-corrected chi connectivity index (χ0v) is 26.2. The molecule has 7 nitrogen and oxygen atoms in total. The maximum absolute atomic E-state index is 14.4. The lowest BCUT2D eigenvalue weighted by Gasteiger charge is -2.34. The fourth-order valence-electron chi connectivity index (χ4n) is 4.71. The molecule has 10 heteroatoms. The van der Waals surface area contributed by atoms with Gasteiger partial charge < -0.3 is 10.2 Å². The van der Waals surface area contributed by atoms with Crippen molar-refractivity contribution in [1.29, 1.82) is 0 Å². The van der Waals surface area contributed by atoms with Gasteiger partial charge in [-0.15, -0.1) is 0 Å². The Balaban J connectivity index is 1.80. The van der Waals surface area contributed by atoms with E-state index in [2.05, 4.69) is 5.32 Å². The van der Waals surface area contributed by atoms with Crippen LogP contribution in [0.15, 0.2) is 108 Å². The minimum absolute atomic E-state index is 0.00258. The van der Waals surface area contributed by atoms with Crippen LogP contribution in [0.25, 0.3) is 0 Å². The molecule has 0 aliphatic heterocycles. The summed E-state index contributed by atoms with van der Waals surface area (Å²) >= 11 is 12.5. The molecule has 1 atom stereocenters. The Morgan fingerprint density at radius 3 is 2.12 bits per heavy atom. The van der Waals surface area contributed by atoms with E-state index in [9.17, 15) is 18.0 Å². The fourth-order valence-corrected chi connectivity index (χ4v) is 6.46. The highest BCUT2D eigenvalue weighted by Crippen LogP contribution is 2.27. The first kappa shape index (κ1) is 32.1. The Bertz CT molecular complexity index is 1670. The minimum Gasteiger partial charge on any atom is -0.355 e. The van der Waals surface area contributed by atoms with Crippen molar-refractivity contribution in [2.75, 3.05) is 17.4 Å². The van der Waals surface area contributed by atoms with Crippen LogP contribution in [0.2, 0.25) is 10.0 Å². The van der Waals surface area contributed by atoms with Gasteiger partial charge in [-0.2, -0.15) is 0 Å². The maximum Gasteiger partial charge on any atom is 0.264 e. The van der Waals surface area contributed by atoms with E-state index in [0.29, 0.717) is 27.8 Å². The lowest BCUT2D eigenvalue weighted by Crippen LogP contribution is -2.53. The average molecular weight is 639 g/mol. The van der Waals surface area contributed by atoms with Gasteiger partial charge >= 0.3 is 0 Å². The van der Waals surface area contributed by atoms with E-state index >= 15 is 0 Å². The molecular formula is C33H33Cl2N3O4S. The first-order chi connectivity index (χ1) is 20.6. The van der Waals surface area contributed by atoms with Crippen LogP contribution in [0.1, 0.15) is 23.6 Å². The van der Waals surface area contributed by atoms with Crippen molar-refractivity contribution in [3.63, 3.8) is 0 Å². The third-order valence-electron chi connectivity index (χ3n) is 6.86. The minimum atomic E-state index is -4.15. The van der Waals surface area contributed by atoms with Gasteiger partial charge in [-0.3, -0.25) is 13.9 Å². The third-order valence-corrected chi connectivity index (χ3v) is 9.39. The average Bonchev–Trinajstić information content (AvgIpc) is 3.00. The number of nitrogens with zero attached hydrogens (tertiary/aromatic N) is 2. The molecule has 0 bridgehead atoms. The van der Waals surface area contributed by atoms with Crippen LogP contribution in [0.4, 0.5) is 5.69 Å². The Hall–Kier alpha value is -3.85. The molecule has 0 spiro atoms. The van der Waals surface area contributed by atoms with Crippen LogP contribution in [-0.4, -0.2) is 44.3 Å². The second-order valence-electron chi connectivity index (χ2n) is 10.0. The molecule has 4 rings (SSSR count). The highest BCUT2D eigenvalue weighted by molar-refractivity contribution is 7.92. The molecule has 0 saturated heterocycles. The second kappa shape index (κ2) is 14.6. The van der Waals surface area contributed by atoms with E-state index < -0.39 is 28.5 Å². The van der Waals surface area contributed by atoms with Crippen LogP contribution in [0.5, 0.6) is 0 Å². The van der Waals surface area contributed by atoms with E-state index in [1.807, 2.05) is 43.3 Å². The van der Waals surface area contributed by atoms with Crippen molar-refractivity contribution in [3.8, 4) is 0 Å². The van der Waals surface area contributed by atoms with E-state index in [1.165, 1.54) is 17.0 Å². The summed E-state index contributed by atoms with van der Waals surface area (Å²) in [5, 5.41) is 3.50. The number of hydrogen-bond donors (Lipinski definition) is 1. The van der Waals surface area contributed by atoms with Crippen LogP contribution in [0.3, 0.4) is 0 Å². The van der Waals surface area contributed by atoms with Crippen molar-refractivity contribution < 1.29 is 18.0 Å². The molecule has 2 amide bonds. The van der Waals surface area contributed by atoms with Gasteiger partial charge in [-0.05, 0) is 66.9 Å². The zero-order valence-electron chi connectivity index (χ0n) is 23.9. The highest BCUT2D eigenvalue weighted by Gasteiger charge is 2.34. The molecule has 0 aliphatic rings. The number of hydrogen-bond acceptors (Lipinski definition) is 4. The largest absolute Gasteiger partial charge is 0.355 e. The van der Waals surface area contributed by atoms with Gasteiger partial charge in [-0.25, -0.2) is 8.42 Å². The fraction of sp³-hybridized carbons (Fsp3) is 0.212. The van der Waals surface area contributed by atoms with Gasteiger partial charge in [-0.1, -0.05) is 89.9 Å². The molecule has 0 fully saturated rings. The first-order valence-electron chi connectivity index (χ1n) is 13.8. The Morgan fingerprint density at radius 2 is 1.49 bits per heavy atom. The van der Waals surface area contributed by atoms with Crippen LogP contribution in [0, 0.1) is 6.92 Å². The van der Waals surface area contributed by atoms with Gasteiger partial charge in [0.25, 0.3) is 10.0 Å². The van der Waals surface area contributed by atoms with Crippen molar-refractivity contribution in [1.82, 2.24) is 10.2 Å². The molecule has 224 valence electrons. The van der Waals surface area contributed by atoms with E-state index in [4.69, 9.17) is 23.2 Å². The van der Waals surface area contributed by atoms with Crippen molar-refractivity contribution >= 4 is 50.7 Å². The zero-order chi connectivity index (χ0) is 31.0. The Morgan fingerprint density at radius 1 is 0.814 bits per heavy atom. The molecule has 0 unspecified atom stereocenters. The maximum atomic E-state index is 14.4. The van der Waals surface area contributed by atoms with Gasteiger partial charge in [0.05, 0.1) is 20.6 Å². The molecule has 4 aromatic carbocycles. The van der Waals surface area contributed by atoms with Gasteiger partial charge in [0.15, 0.2) is 0 Å². The van der Waals surface area contributed by atoms with E-state index in [-0.39, 0.29) is 23.8 Å². The van der Waals surface area contributed by atoms with Gasteiger partial charge in [0, 0.05) is 19.5 Å². The number of carbonyl (C=O) groups excluding carboxylic acids is 2. The summed E-state index contributed by atoms with van der Waals surface area (Å²) in [5.41, 5.74) is 2.65. The Kier molecular flexibility index (Phi) is 10.9. The number of amides is 2. The summed E-state index contributed by atoms with van der Waals surface area (Å²) in [6.07, 6.45) is 0.218. The number of aryl methyl sites for hydroxylation is 1. The lowest BCUT2D eigenvalue weighted by molar-refractivity contribution is -0.140. The number of carbonyl (C=O) groups is 2. The number of rotatable bonds is 12. The van der Waals surface area contributed by atoms with E-state index in [1.54, 1.807) is 61.5 Å². The molecule has 0 saturated carbocycles. The normalized spacial score (nSPS) is 11.9. The third kappa shape index (κ3) is 8.16. The number of benzene rings is 4.